The van der Waals surface area contributed by atoms with E-state index in [-0.39, 0.29) is 16.2 Å². The maximum Gasteiger partial charge on any atom is 0.419 e. The van der Waals surface area contributed by atoms with Crippen LogP contribution in [0.1, 0.15) is 19.4 Å². The Kier molecular flexibility index (Phi) is 5.16. The van der Waals surface area contributed by atoms with Gasteiger partial charge in [0.25, 0.3) is 0 Å². The van der Waals surface area contributed by atoms with Gasteiger partial charge in [-0.15, -0.1) is 0 Å². The molecule has 0 spiro atoms. The molecule has 3 aromatic heterocycles. The minimum atomic E-state index is -4.64. The van der Waals surface area contributed by atoms with Crippen molar-refractivity contribution in [2.24, 2.45) is 0 Å². The van der Waals surface area contributed by atoms with Crippen LogP contribution in [0.25, 0.3) is 28.2 Å². The van der Waals surface area contributed by atoms with E-state index in [1.54, 1.807) is 38.2 Å². The van der Waals surface area contributed by atoms with Crippen molar-refractivity contribution in [3.05, 3.63) is 60.4 Å². The molecule has 4 aromatic rings. The van der Waals surface area contributed by atoms with Crippen LogP contribution in [0.5, 0.6) is 0 Å². The van der Waals surface area contributed by atoms with Crippen LogP contribution >= 0.6 is 0 Å². The number of hydrogen-bond acceptors (Lipinski definition) is 6. The Morgan fingerprint density at radius 2 is 1.66 bits per heavy atom. The van der Waals surface area contributed by atoms with Crippen molar-refractivity contribution >= 4 is 21.3 Å². The van der Waals surface area contributed by atoms with Crippen LogP contribution in [0.15, 0.2) is 59.8 Å². The summed E-state index contributed by atoms with van der Waals surface area (Å²) in [7, 11) is -3.41. The lowest BCUT2D eigenvalue weighted by Gasteiger charge is -2.11. The second-order valence-electron chi connectivity index (χ2n) is 7.40. The number of halogens is 3. The Morgan fingerprint density at radius 1 is 0.969 bits per heavy atom. The maximum absolute atomic E-state index is 13.2. The van der Waals surface area contributed by atoms with Gasteiger partial charge in [0.2, 0.25) is 0 Å². The van der Waals surface area contributed by atoms with Crippen molar-refractivity contribution in [3.8, 4) is 22.5 Å². The third-order valence-electron chi connectivity index (χ3n) is 4.98. The SMILES string of the molecule is CC(C)S(=O)(=O)c1ccc(-c2cnc3ccc(-c4cnc(N)c(C(F)(F)F)c4)nn23)cc1. The van der Waals surface area contributed by atoms with E-state index in [1.807, 2.05) is 0 Å². The summed E-state index contributed by atoms with van der Waals surface area (Å²) in [5.41, 5.74) is 6.41. The van der Waals surface area contributed by atoms with Gasteiger partial charge in [-0.3, -0.25) is 0 Å². The van der Waals surface area contributed by atoms with E-state index >= 15 is 0 Å². The minimum Gasteiger partial charge on any atom is -0.383 e. The second-order valence-corrected chi connectivity index (χ2v) is 9.91. The predicted octanol–water partition coefficient (Wildman–Crippen LogP) is 4.24. The number of hydrogen-bond donors (Lipinski definition) is 1. The highest BCUT2D eigenvalue weighted by Gasteiger charge is 2.34. The summed E-state index contributed by atoms with van der Waals surface area (Å²) in [5, 5.41) is 3.87. The number of benzene rings is 1. The summed E-state index contributed by atoms with van der Waals surface area (Å²) < 4.78 is 65.8. The summed E-state index contributed by atoms with van der Waals surface area (Å²) in [6.07, 6.45) is -1.86. The number of aromatic nitrogens is 4. The molecule has 1 aromatic carbocycles. The Morgan fingerprint density at radius 3 is 2.28 bits per heavy atom. The second kappa shape index (κ2) is 7.59. The molecule has 7 nitrogen and oxygen atoms in total. The molecule has 0 aliphatic rings. The van der Waals surface area contributed by atoms with Crippen LogP contribution < -0.4 is 5.73 Å². The topological polar surface area (TPSA) is 103 Å². The summed E-state index contributed by atoms with van der Waals surface area (Å²) >= 11 is 0. The third kappa shape index (κ3) is 3.79. The molecule has 0 saturated heterocycles. The summed E-state index contributed by atoms with van der Waals surface area (Å²) in [4.78, 5) is 8.12. The smallest absolute Gasteiger partial charge is 0.383 e. The van der Waals surface area contributed by atoms with Gasteiger partial charge in [-0.1, -0.05) is 12.1 Å². The molecule has 0 atom stereocenters. The maximum atomic E-state index is 13.2. The average Bonchev–Trinajstić information content (AvgIpc) is 3.16. The van der Waals surface area contributed by atoms with Crippen molar-refractivity contribution in [2.75, 3.05) is 5.73 Å². The molecular formula is C21H18F3N5O2S. The zero-order valence-corrected chi connectivity index (χ0v) is 17.8. The molecule has 0 fully saturated rings. The fourth-order valence-corrected chi connectivity index (χ4v) is 4.21. The molecule has 3 heterocycles. The van der Waals surface area contributed by atoms with Gasteiger partial charge in [0, 0.05) is 17.3 Å². The molecule has 4 rings (SSSR count). The van der Waals surface area contributed by atoms with Crippen LogP contribution in [0, 0.1) is 0 Å². The Balaban J connectivity index is 1.78. The first-order chi connectivity index (χ1) is 15.0. The number of anilines is 1. The fraction of sp³-hybridized carbons (Fsp3) is 0.190. The number of nitrogens with two attached hydrogens (primary N) is 1. The number of pyridine rings is 1. The molecule has 0 radical (unpaired) electrons. The third-order valence-corrected chi connectivity index (χ3v) is 7.15. The number of alkyl halides is 3. The molecule has 32 heavy (non-hydrogen) atoms. The van der Waals surface area contributed by atoms with E-state index in [4.69, 9.17) is 5.73 Å². The molecule has 0 bridgehead atoms. The Labute approximate surface area is 181 Å². The average molecular weight is 461 g/mol. The molecule has 0 saturated carbocycles. The van der Waals surface area contributed by atoms with Gasteiger partial charge in [0.05, 0.1) is 33.3 Å². The van der Waals surface area contributed by atoms with Crippen LogP contribution in [0.4, 0.5) is 19.0 Å². The van der Waals surface area contributed by atoms with Gasteiger partial charge in [-0.05, 0) is 44.2 Å². The van der Waals surface area contributed by atoms with E-state index < -0.39 is 32.6 Å². The molecule has 11 heteroatoms. The lowest BCUT2D eigenvalue weighted by Crippen LogP contribution is -2.13. The van der Waals surface area contributed by atoms with E-state index in [2.05, 4.69) is 15.1 Å². The van der Waals surface area contributed by atoms with Crippen LogP contribution in [-0.4, -0.2) is 33.2 Å². The number of imidazole rings is 1. The highest BCUT2D eigenvalue weighted by atomic mass is 32.2. The highest BCUT2D eigenvalue weighted by Crippen LogP contribution is 2.35. The first-order valence-corrected chi connectivity index (χ1v) is 11.1. The first-order valence-electron chi connectivity index (χ1n) is 9.50. The molecular weight excluding hydrogens is 443 g/mol. The Bertz CT molecular complexity index is 1410. The normalized spacial score (nSPS) is 12.6. The monoisotopic (exact) mass is 461 g/mol. The molecule has 0 aliphatic carbocycles. The number of sulfone groups is 1. The van der Waals surface area contributed by atoms with E-state index in [9.17, 15) is 21.6 Å². The zero-order chi connectivity index (χ0) is 23.3. The van der Waals surface area contributed by atoms with Gasteiger partial charge < -0.3 is 5.73 Å². The molecule has 0 aliphatic heterocycles. The Hall–Kier alpha value is -3.47. The van der Waals surface area contributed by atoms with Gasteiger partial charge in [-0.25, -0.2) is 22.9 Å². The molecule has 2 N–H and O–H groups in total. The number of fused-ring (bicyclic) bond motifs is 1. The lowest BCUT2D eigenvalue weighted by atomic mass is 10.1. The van der Waals surface area contributed by atoms with Crippen LogP contribution in [0.2, 0.25) is 0 Å². The van der Waals surface area contributed by atoms with Crippen LogP contribution in [-0.2, 0) is 16.0 Å². The molecule has 0 amide bonds. The van der Waals surface area contributed by atoms with E-state index in [1.165, 1.54) is 28.9 Å². The quantitative estimate of drug-likeness (QED) is 0.488. The highest BCUT2D eigenvalue weighted by molar-refractivity contribution is 7.92. The van der Waals surface area contributed by atoms with E-state index in [0.29, 0.717) is 16.9 Å². The van der Waals surface area contributed by atoms with Crippen molar-refractivity contribution in [3.63, 3.8) is 0 Å². The summed E-state index contributed by atoms with van der Waals surface area (Å²) in [6, 6.07) is 10.4. The van der Waals surface area contributed by atoms with Gasteiger partial charge in [-0.2, -0.15) is 18.3 Å². The summed E-state index contributed by atoms with van der Waals surface area (Å²) in [5.74, 6) is -0.609. The predicted molar refractivity (Wildman–Crippen MR) is 113 cm³/mol. The van der Waals surface area contributed by atoms with Crippen molar-refractivity contribution < 1.29 is 21.6 Å². The molecule has 0 unspecified atom stereocenters. The standard InChI is InChI=1S/C21H18F3N5O2S/c1-12(2)32(30,31)15-5-3-13(4-6-15)18-11-26-19-8-7-17(28-29(18)19)14-9-16(21(22,23)24)20(25)27-10-14/h3-12H,1-2H3,(H2,25,27). The lowest BCUT2D eigenvalue weighted by molar-refractivity contribution is -0.137. The van der Waals surface area contributed by atoms with E-state index in [0.717, 1.165) is 6.07 Å². The van der Waals surface area contributed by atoms with Gasteiger partial charge >= 0.3 is 6.18 Å². The number of rotatable bonds is 4. The summed E-state index contributed by atoms with van der Waals surface area (Å²) in [6.45, 7) is 3.21. The fourth-order valence-electron chi connectivity index (χ4n) is 3.15. The van der Waals surface area contributed by atoms with Gasteiger partial charge in [0.1, 0.15) is 5.82 Å². The minimum absolute atomic E-state index is 0.145. The van der Waals surface area contributed by atoms with Crippen molar-refractivity contribution in [1.82, 2.24) is 19.6 Å². The van der Waals surface area contributed by atoms with Crippen LogP contribution in [0.3, 0.4) is 0 Å². The van der Waals surface area contributed by atoms with Crippen molar-refractivity contribution in [2.45, 2.75) is 30.2 Å². The zero-order valence-electron chi connectivity index (χ0n) is 17.0. The van der Waals surface area contributed by atoms with Gasteiger partial charge in [0.15, 0.2) is 15.5 Å². The molecule has 166 valence electrons. The van der Waals surface area contributed by atoms with Crippen molar-refractivity contribution in [1.29, 1.82) is 0 Å². The number of nitrogens with zero attached hydrogens (tertiary/aromatic N) is 4. The largest absolute Gasteiger partial charge is 0.419 e. The first kappa shape index (κ1) is 21.8. The number of nitrogen functional groups attached to an aromatic ring is 1.